The van der Waals surface area contributed by atoms with Crippen molar-refractivity contribution in [3.63, 3.8) is 0 Å². The molecule has 6 aromatic rings. The number of ketones is 2. The molecule has 67 heavy (non-hydrogen) atoms. The van der Waals surface area contributed by atoms with Gasteiger partial charge in [-0.15, -0.1) is 45.3 Å². The lowest BCUT2D eigenvalue weighted by Gasteiger charge is -2.19. The van der Waals surface area contributed by atoms with Gasteiger partial charge in [0.05, 0.1) is 46.2 Å². The van der Waals surface area contributed by atoms with Gasteiger partial charge < -0.3 is 9.47 Å². The Kier molecular flexibility index (Phi) is 10.5. The van der Waals surface area contributed by atoms with E-state index in [0.29, 0.717) is 21.3 Å². The highest BCUT2D eigenvalue weighted by Crippen LogP contribution is 2.60. The van der Waals surface area contributed by atoms with E-state index in [1.165, 1.54) is 46.9 Å². The molecule has 314 valence electrons. The van der Waals surface area contributed by atoms with Crippen LogP contribution < -0.4 is 9.47 Å². The quantitative estimate of drug-likeness (QED) is 0.112. The SMILES string of the molecule is COc1cc(/C=C2\C(=O)c3cc(C#N)c(C#N)cc3C2=C(C#N)C#N)sc1-c1cc2c(s1)-c1sc(-c3sc(/C=C4\C(=O)c5cc(C#N)c(C#N)cc5C4=C(C#N)C#N)cc3OC)cc1C2(C)C. The molecular weight excluding hydrogens is 917 g/mol. The van der Waals surface area contributed by atoms with Crippen LogP contribution in [0.5, 0.6) is 11.5 Å². The first-order valence-corrected chi connectivity index (χ1v) is 22.8. The van der Waals surface area contributed by atoms with Gasteiger partial charge in [0, 0.05) is 68.1 Å². The predicted octanol–water partition coefficient (Wildman–Crippen LogP) is 11.2. The molecule has 0 unspecified atom stereocenters. The Hall–Kier alpha value is -8.94. The summed E-state index contributed by atoms with van der Waals surface area (Å²) in [5.74, 6) is 0.134. The van der Waals surface area contributed by atoms with E-state index in [9.17, 15) is 51.7 Å². The minimum absolute atomic E-state index is 0.00966. The van der Waals surface area contributed by atoms with Crippen LogP contribution in [-0.2, 0) is 5.41 Å². The first kappa shape index (κ1) is 43.3. The van der Waals surface area contributed by atoms with Gasteiger partial charge in [0.15, 0.2) is 11.6 Å². The summed E-state index contributed by atoms with van der Waals surface area (Å²) < 4.78 is 11.7. The number of fused-ring (bicyclic) bond motifs is 5. The van der Waals surface area contributed by atoms with Gasteiger partial charge in [-0.2, -0.15) is 42.1 Å². The molecule has 0 radical (unpaired) electrons. The Balaban J connectivity index is 1.09. The highest BCUT2D eigenvalue weighted by atomic mass is 32.1. The molecule has 3 aliphatic rings. The number of nitrogens with zero attached hydrogens (tertiary/aromatic N) is 8. The summed E-state index contributed by atoms with van der Waals surface area (Å²) in [4.78, 5) is 34.6. The number of methoxy groups -OCH3 is 2. The number of allylic oxidation sites excluding steroid dienone is 6. The zero-order valence-corrected chi connectivity index (χ0v) is 38.4. The molecule has 4 aromatic heterocycles. The number of carbonyl (C=O) groups excluding carboxylic acids is 2. The predicted molar refractivity (Wildman–Crippen MR) is 252 cm³/mol. The van der Waals surface area contributed by atoms with Gasteiger partial charge in [-0.05, 0) is 82.9 Å². The van der Waals surface area contributed by atoms with E-state index in [-0.39, 0.29) is 77.9 Å². The molecule has 12 nitrogen and oxygen atoms in total. The highest BCUT2D eigenvalue weighted by Gasteiger charge is 2.41. The van der Waals surface area contributed by atoms with Crippen LogP contribution in [0.15, 0.2) is 70.8 Å². The molecule has 0 aliphatic heterocycles. The van der Waals surface area contributed by atoms with Crippen molar-refractivity contribution in [3.8, 4) is 89.3 Å². The number of nitriles is 8. The molecule has 9 rings (SSSR count). The van der Waals surface area contributed by atoms with Gasteiger partial charge in [-0.25, -0.2) is 0 Å². The molecule has 0 fully saturated rings. The third kappa shape index (κ3) is 6.51. The van der Waals surface area contributed by atoms with Crippen LogP contribution in [0.4, 0.5) is 0 Å². The Morgan fingerprint density at radius 1 is 0.493 bits per heavy atom. The summed E-state index contributed by atoms with van der Waals surface area (Å²) in [6.45, 7) is 4.30. The van der Waals surface area contributed by atoms with Crippen LogP contribution in [-0.4, -0.2) is 25.8 Å². The summed E-state index contributed by atoms with van der Waals surface area (Å²) in [6, 6.07) is 28.6. The maximum Gasteiger partial charge on any atom is 0.194 e. The van der Waals surface area contributed by atoms with Crippen LogP contribution in [0.3, 0.4) is 0 Å². The second kappa shape index (κ2) is 16.2. The Morgan fingerprint density at radius 2 is 0.836 bits per heavy atom. The van der Waals surface area contributed by atoms with E-state index < -0.39 is 17.0 Å². The van der Waals surface area contributed by atoms with Gasteiger partial charge in [-0.1, -0.05) is 13.8 Å². The minimum Gasteiger partial charge on any atom is -0.495 e. The zero-order valence-electron chi connectivity index (χ0n) is 35.1. The number of Topliss-reactive ketones (excluding diaryl/α,β-unsaturated/α-hetero) is 2. The van der Waals surface area contributed by atoms with Crippen molar-refractivity contribution in [2.45, 2.75) is 19.3 Å². The molecule has 0 amide bonds. The largest absolute Gasteiger partial charge is 0.495 e. The summed E-state index contributed by atoms with van der Waals surface area (Å²) in [5.41, 5.74) is 2.36. The van der Waals surface area contributed by atoms with Crippen molar-refractivity contribution in [3.05, 3.63) is 136 Å². The maximum absolute atomic E-state index is 13.9. The number of carbonyl (C=O) groups is 2. The fraction of sp³-hybridized carbons (Fsp3) is 0.0980. The summed E-state index contributed by atoms with van der Waals surface area (Å²) in [6.07, 6.45) is 3.21. The Bertz CT molecular complexity index is 3560. The van der Waals surface area contributed by atoms with Crippen LogP contribution >= 0.6 is 45.3 Å². The van der Waals surface area contributed by atoms with Gasteiger partial charge in [0.25, 0.3) is 0 Å². The lowest BCUT2D eigenvalue weighted by molar-refractivity contribution is 0.103. The molecule has 0 saturated carbocycles. The van der Waals surface area contributed by atoms with Crippen molar-refractivity contribution in [2.75, 3.05) is 14.2 Å². The van der Waals surface area contributed by atoms with Gasteiger partial charge in [0.1, 0.15) is 71.2 Å². The van der Waals surface area contributed by atoms with E-state index >= 15 is 0 Å². The van der Waals surface area contributed by atoms with E-state index in [1.54, 1.807) is 61.2 Å². The van der Waals surface area contributed by atoms with Crippen LogP contribution in [0, 0.1) is 90.6 Å². The Morgan fingerprint density at radius 3 is 1.15 bits per heavy atom. The second-order valence-corrected chi connectivity index (χ2v) is 19.8. The van der Waals surface area contributed by atoms with Crippen molar-refractivity contribution in [1.82, 2.24) is 0 Å². The van der Waals surface area contributed by atoms with Crippen LogP contribution in [0.25, 0.3) is 52.6 Å². The molecular formula is C51H22N8O4S4. The fourth-order valence-corrected chi connectivity index (χ4v) is 13.7. The van der Waals surface area contributed by atoms with E-state index in [2.05, 4.69) is 26.0 Å². The van der Waals surface area contributed by atoms with Crippen molar-refractivity contribution >= 4 is 80.2 Å². The molecule has 0 atom stereocenters. The highest BCUT2D eigenvalue weighted by molar-refractivity contribution is 7.29. The minimum atomic E-state index is -0.483. The normalized spacial score (nSPS) is 14.6. The second-order valence-electron chi connectivity index (χ2n) is 15.5. The van der Waals surface area contributed by atoms with Crippen molar-refractivity contribution in [2.24, 2.45) is 0 Å². The standard InChI is InChI=1S/C51H22N8O4S4/c1-51(2)37-13-41(49-39(62-3)11-29(64-49)9-35-43(27(19-56)20-57)31-5-23(15-52)25(17-54)7-33(31)45(35)60)66-47(37)48-38(51)14-42(67-48)50-40(63-4)12-30(65-50)10-36-44(28(21-58)22-59)32-6-24(16-53)26(18-55)8-34(32)46(36)61/h5-14H,1-4H3/b35-9-,36-10-. The average molecular weight is 939 g/mol. The maximum atomic E-state index is 13.9. The van der Waals surface area contributed by atoms with E-state index in [1.807, 2.05) is 48.6 Å². The molecule has 16 heteroatoms. The molecule has 0 saturated heterocycles. The smallest absolute Gasteiger partial charge is 0.194 e. The number of hydrogen-bond acceptors (Lipinski definition) is 16. The zero-order chi connectivity index (χ0) is 47.6. The Labute approximate surface area is 398 Å². The molecule has 3 aliphatic carbocycles. The van der Waals surface area contributed by atoms with Gasteiger partial charge in [0.2, 0.25) is 0 Å². The lowest BCUT2D eigenvalue weighted by Crippen LogP contribution is -2.13. The first-order valence-electron chi connectivity index (χ1n) is 19.6. The average Bonchev–Trinajstić information content (AvgIpc) is 4.22. The lowest BCUT2D eigenvalue weighted by atomic mass is 9.84. The number of ether oxygens (including phenoxy) is 2. The molecule has 0 N–H and O–H groups in total. The molecule has 0 spiro atoms. The third-order valence-corrected chi connectivity index (χ3v) is 16.6. The van der Waals surface area contributed by atoms with Crippen molar-refractivity contribution < 1.29 is 19.1 Å². The van der Waals surface area contributed by atoms with Crippen LogP contribution in [0.1, 0.15) is 88.8 Å². The molecule has 0 bridgehead atoms. The van der Waals surface area contributed by atoms with Crippen LogP contribution in [0.2, 0.25) is 0 Å². The number of rotatable bonds is 6. The first-order chi connectivity index (χ1) is 32.3. The third-order valence-electron chi connectivity index (χ3n) is 11.7. The summed E-state index contributed by atoms with van der Waals surface area (Å²) in [5, 5.41) is 78.3. The summed E-state index contributed by atoms with van der Waals surface area (Å²) >= 11 is 5.92. The van der Waals surface area contributed by atoms with Crippen molar-refractivity contribution in [1.29, 1.82) is 42.1 Å². The fourth-order valence-electron chi connectivity index (χ4n) is 8.53. The topological polar surface area (TPSA) is 243 Å². The van der Waals surface area contributed by atoms with Gasteiger partial charge in [-0.3, -0.25) is 9.59 Å². The van der Waals surface area contributed by atoms with E-state index in [0.717, 1.165) is 40.4 Å². The monoisotopic (exact) mass is 938 g/mol. The van der Waals surface area contributed by atoms with E-state index in [4.69, 9.17) is 9.47 Å². The molecule has 4 heterocycles. The number of benzene rings is 2. The molecule has 2 aromatic carbocycles. The van der Waals surface area contributed by atoms with Gasteiger partial charge >= 0.3 is 0 Å². The summed E-state index contributed by atoms with van der Waals surface area (Å²) in [7, 11) is 3.10. The number of hydrogen-bond donors (Lipinski definition) is 0. The number of thiophene rings is 4.